The van der Waals surface area contributed by atoms with Crippen LogP contribution in [0.1, 0.15) is 25.8 Å². The zero-order valence-electron chi connectivity index (χ0n) is 18.0. The highest BCUT2D eigenvalue weighted by atomic mass is 35.5. The van der Waals surface area contributed by atoms with E-state index in [9.17, 15) is 9.59 Å². The van der Waals surface area contributed by atoms with Crippen molar-refractivity contribution in [2.75, 3.05) is 6.61 Å². The largest absolute Gasteiger partial charge is 0.484 e. The zero-order valence-corrected chi connectivity index (χ0v) is 18.8. The van der Waals surface area contributed by atoms with Crippen molar-refractivity contribution in [3.8, 4) is 5.75 Å². The highest BCUT2D eigenvalue weighted by Gasteiger charge is 2.22. The zero-order chi connectivity index (χ0) is 22.9. The van der Waals surface area contributed by atoms with Gasteiger partial charge in [-0.2, -0.15) is 5.10 Å². The number of amides is 2. The van der Waals surface area contributed by atoms with Crippen LogP contribution in [-0.2, 0) is 9.59 Å². The number of carbonyl (C=O) groups excluding carboxylic acids is 2. The summed E-state index contributed by atoms with van der Waals surface area (Å²) in [6, 6.07) is 19.8. The van der Waals surface area contributed by atoms with Crippen molar-refractivity contribution in [2.24, 2.45) is 11.0 Å². The van der Waals surface area contributed by atoms with Gasteiger partial charge in [-0.3, -0.25) is 9.59 Å². The third-order valence-corrected chi connectivity index (χ3v) is 5.00. The summed E-state index contributed by atoms with van der Waals surface area (Å²) in [4.78, 5) is 25.0. The molecule has 2 N–H and O–H groups in total. The van der Waals surface area contributed by atoms with Gasteiger partial charge in [0, 0.05) is 10.6 Å². The molecule has 166 valence electrons. The maximum absolute atomic E-state index is 12.7. The molecule has 2 amide bonds. The van der Waals surface area contributed by atoms with E-state index in [1.54, 1.807) is 30.5 Å². The van der Waals surface area contributed by atoms with Gasteiger partial charge in [0.1, 0.15) is 11.8 Å². The molecule has 0 aliphatic carbocycles. The van der Waals surface area contributed by atoms with Crippen molar-refractivity contribution < 1.29 is 14.3 Å². The van der Waals surface area contributed by atoms with E-state index < -0.39 is 11.9 Å². The predicted octanol–water partition coefficient (Wildman–Crippen LogP) is 4.55. The normalized spacial score (nSPS) is 12.1. The average molecular weight is 452 g/mol. The number of hydrogen-bond acceptors (Lipinski definition) is 4. The molecule has 0 saturated carbocycles. The number of ether oxygens (including phenoxy) is 1. The van der Waals surface area contributed by atoms with Crippen LogP contribution >= 0.6 is 11.6 Å². The lowest BCUT2D eigenvalue weighted by molar-refractivity contribution is -0.130. The number of nitrogens with one attached hydrogen (secondary N) is 2. The predicted molar refractivity (Wildman–Crippen MR) is 128 cm³/mol. The number of halogens is 1. The van der Waals surface area contributed by atoms with Gasteiger partial charge >= 0.3 is 0 Å². The molecule has 0 unspecified atom stereocenters. The van der Waals surface area contributed by atoms with E-state index in [2.05, 4.69) is 15.8 Å². The Morgan fingerprint density at radius 3 is 2.50 bits per heavy atom. The van der Waals surface area contributed by atoms with Crippen molar-refractivity contribution in [3.63, 3.8) is 0 Å². The smallest absolute Gasteiger partial charge is 0.262 e. The van der Waals surface area contributed by atoms with Gasteiger partial charge in [-0.25, -0.2) is 5.43 Å². The lowest BCUT2D eigenvalue weighted by atomic mass is 10.0. The number of nitrogens with zero attached hydrogens (tertiary/aromatic N) is 1. The van der Waals surface area contributed by atoms with E-state index in [0.29, 0.717) is 17.2 Å². The van der Waals surface area contributed by atoms with E-state index in [-0.39, 0.29) is 18.4 Å². The molecule has 0 bridgehead atoms. The summed E-state index contributed by atoms with van der Waals surface area (Å²) in [6.45, 7) is 3.76. The minimum atomic E-state index is -0.721. The molecule has 1 atom stereocenters. The summed E-state index contributed by atoms with van der Waals surface area (Å²) >= 11 is 5.85. The number of hydrazone groups is 1. The maximum atomic E-state index is 12.7. The molecule has 0 aliphatic rings. The molecule has 0 radical (unpaired) electrons. The first-order valence-electron chi connectivity index (χ1n) is 10.4. The number of carbonyl (C=O) groups is 2. The van der Waals surface area contributed by atoms with Gasteiger partial charge in [-0.1, -0.05) is 67.9 Å². The molecule has 7 heteroatoms. The van der Waals surface area contributed by atoms with E-state index in [4.69, 9.17) is 16.3 Å². The third-order valence-electron chi connectivity index (χ3n) is 4.74. The lowest BCUT2D eigenvalue weighted by Crippen LogP contribution is -2.47. The van der Waals surface area contributed by atoms with Gasteiger partial charge in [0.15, 0.2) is 6.61 Å². The first-order valence-corrected chi connectivity index (χ1v) is 10.8. The van der Waals surface area contributed by atoms with Gasteiger partial charge in [0.25, 0.3) is 11.8 Å². The highest BCUT2D eigenvalue weighted by Crippen LogP contribution is 2.17. The number of fused-ring (bicyclic) bond motifs is 1. The Morgan fingerprint density at radius 2 is 1.75 bits per heavy atom. The molecule has 0 fully saturated rings. The summed E-state index contributed by atoms with van der Waals surface area (Å²) in [7, 11) is 0. The van der Waals surface area contributed by atoms with E-state index in [0.717, 1.165) is 16.3 Å². The quantitative estimate of drug-likeness (QED) is 0.370. The van der Waals surface area contributed by atoms with E-state index in [1.165, 1.54) is 0 Å². The molecule has 0 spiro atoms. The minimum Gasteiger partial charge on any atom is -0.484 e. The van der Waals surface area contributed by atoms with E-state index in [1.807, 2.05) is 56.3 Å². The Morgan fingerprint density at radius 1 is 1.03 bits per heavy atom. The summed E-state index contributed by atoms with van der Waals surface area (Å²) < 4.78 is 5.46. The summed E-state index contributed by atoms with van der Waals surface area (Å²) in [5.74, 6) is -0.0480. The molecule has 0 aliphatic heterocycles. The third kappa shape index (κ3) is 6.82. The Bertz CT molecular complexity index is 1090. The van der Waals surface area contributed by atoms with Crippen LogP contribution in [0, 0.1) is 5.92 Å². The fraction of sp³-hybridized carbons (Fsp3) is 0.240. The van der Waals surface area contributed by atoms with Crippen molar-refractivity contribution >= 4 is 40.4 Å². The lowest BCUT2D eigenvalue weighted by Gasteiger charge is -2.19. The van der Waals surface area contributed by atoms with Crippen LogP contribution < -0.4 is 15.5 Å². The first kappa shape index (κ1) is 23.3. The van der Waals surface area contributed by atoms with Crippen LogP contribution in [0.4, 0.5) is 0 Å². The topological polar surface area (TPSA) is 79.8 Å². The molecule has 32 heavy (non-hydrogen) atoms. The van der Waals surface area contributed by atoms with Gasteiger partial charge in [0.05, 0.1) is 6.21 Å². The second-order valence-electron chi connectivity index (χ2n) is 7.79. The molecule has 0 heterocycles. The second kappa shape index (κ2) is 11.3. The SMILES string of the molecule is CC(C)C[C@H](NC(=O)COc1ccc(Cl)cc1)C(=O)N/N=C\c1cccc2ccccc12. The van der Waals surface area contributed by atoms with E-state index >= 15 is 0 Å². The van der Waals surface area contributed by atoms with Crippen molar-refractivity contribution in [1.29, 1.82) is 0 Å². The van der Waals surface area contributed by atoms with Gasteiger partial charge in [0.2, 0.25) is 0 Å². The van der Waals surface area contributed by atoms with Gasteiger partial charge in [-0.05, 0) is 47.4 Å². The monoisotopic (exact) mass is 451 g/mol. The van der Waals surface area contributed by atoms with Crippen molar-refractivity contribution in [3.05, 3.63) is 77.3 Å². The Labute approximate surface area is 192 Å². The van der Waals surface area contributed by atoms with Crippen LogP contribution in [0.5, 0.6) is 5.75 Å². The van der Waals surface area contributed by atoms with Crippen molar-refractivity contribution in [1.82, 2.24) is 10.7 Å². The van der Waals surface area contributed by atoms with Crippen LogP contribution in [-0.4, -0.2) is 30.7 Å². The molecule has 6 nitrogen and oxygen atoms in total. The Kier molecular flexibility index (Phi) is 8.22. The summed E-state index contributed by atoms with van der Waals surface area (Å²) in [5, 5.41) is 9.56. The summed E-state index contributed by atoms with van der Waals surface area (Å²) in [5.41, 5.74) is 3.44. The molecule has 3 aromatic carbocycles. The minimum absolute atomic E-state index is 0.199. The van der Waals surface area contributed by atoms with Gasteiger partial charge < -0.3 is 10.1 Å². The molecule has 3 aromatic rings. The first-order chi connectivity index (χ1) is 15.4. The molecule has 0 saturated heterocycles. The highest BCUT2D eigenvalue weighted by molar-refractivity contribution is 6.30. The molecular weight excluding hydrogens is 426 g/mol. The van der Waals surface area contributed by atoms with Crippen LogP contribution in [0.15, 0.2) is 71.8 Å². The standard InChI is InChI=1S/C25H26ClN3O3/c1-17(2)14-23(28-24(30)16-32-21-12-10-20(26)11-13-21)25(31)29-27-15-19-8-5-7-18-6-3-4-9-22(18)19/h3-13,15,17,23H,14,16H2,1-2H3,(H,28,30)(H,29,31)/b27-15-/t23-/m0/s1. The summed E-state index contributed by atoms with van der Waals surface area (Å²) in [6.07, 6.45) is 2.08. The fourth-order valence-electron chi connectivity index (χ4n) is 3.23. The number of hydrogen-bond donors (Lipinski definition) is 2. The molecule has 0 aromatic heterocycles. The van der Waals surface area contributed by atoms with Crippen LogP contribution in [0.25, 0.3) is 10.8 Å². The molecular formula is C25H26ClN3O3. The average Bonchev–Trinajstić information content (AvgIpc) is 2.78. The second-order valence-corrected chi connectivity index (χ2v) is 8.23. The number of benzene rings is 3. The van der Waals surface area contributed by atoms with Crippen LogP contribution in [0.3, 0.4) is 0 Å². The van der Waals surface area contributed by atoms with Gasteiger partial charge in [-0.15, -0.1) is 0 Å². The Balaban J connectivity index is 1.59. The Hall–Kier alpha value is -3.38. The molecule has 3 rings (SSSR count). The fourth-order valence-corrected chi connectivity index (χ4v) is 3.35. The van der Waals surface area contributed by atoms with Crippen molar-refractivity contribution in [2.45, 2.75) is 26.3 Å². The maximum Gasteiger partial charge on any atom is 0.262 e. The number of rotatable bonds is 9. The van der Waals surface area contributed by atoms with Crippen LogP contribution in [0.2, 0.25) is 5.02 Å².